The van der Waals surface area contributed by atoms with Crippen molar-refractivity contribution in [1.29, 1.82) is 0 Å². The molecule has 2 aliphatic heterocycles. The van der Waals surface area contributed by atoms with Gasteiger partial charge in [0.1, 0.15) is 5.75 Å². The van der Waals surface area contributed by atoms with Gasteiger partial charge in [-0.15, -0.1) is 0 Å². The summed E-state index contributed by atoms with van der Waals surface area (Å²) in [4.78, 5) is 14.8. The fourth-order valence-corrected chi connectivity index (χ4v) is 5.18. The first-order valence-corrected chi connectivity index (χ1v) is 10.5. The monoisotopic (exact) mass is 397 g/mol. The normalized spacial score (nSPS) is 27.0. The summed E-state index contributed by atoms with van der Waals surface area (Å²) < 4.78 is 7.02. The zero-order valence-electron chi connectivity index (χ0n) is 17.6. The third kappa shape index (κ3) is 4.23. The molecule has 1 N–H and O–H groups in total. The summed E-state index contributed by atoms with van der Waals surface area (Å²) in [6, 6.07) is 10.2. The van der Waals surface area contributed by atoms with E-state index in [1.165, 1.54) is 28.3 Å². The molecule has 2 bridgehead atoms. The van der Waals surface area contributed by atoms with Gasteiger partial charge in [0.15, 0.2) is 0 Å². The average molecular weight is 398 g/mol. The summed E-state index contributed by atoms with van der Waals surface area (Å²) in [5, 5.41) is 15.8. The van der Waals surface area contributed by atoms with Crippen LogP contribution >= 0.6 is 0 Å². The maximum atomic E-state index is 12.2. The molecule has 2 fully saturated rings. The number of methoxy groups -OCH3 is 1. The second-order valence-corrected chi connectivity index (χ2v) is 8.83. The number of benzene rings is 1. The first kappa shape index (κ1) is 20.1. The first-order valence-electron chi connectivity index (χ1n) is 10.5. The molecule has 2 saturated heterocycles. The number of rotatable bonds is 5. The van der Waals surface area contributed by atoms with Crippen LogP contribution in [0.25, 0.3) is 0 Å². The zero-order valence-corrected chi connectivity index (χ0v) is 17.6. The van der Waals surface area contributed by atoms with Crippen LogP contribution in [0, 0.1) is 13.8 Å². The van der Waals surface area contributed by atoms with Crippen LogP contribution in [0.4, 0.5) is 0 Å². The second kappa shape index (κ2) is 7.92. The molecular weight excluding hydrogens is 366 g/mol. The van der Waals surface area contributed by atoms with E-state index in [9.17, 15) is 9.90 Å². The standard InChI is InChI=1S/C23H31N3O3/c1-16-7-9-21(29-3)18(11-16)14-25-19-5-4-6-20(25)13-23(28,12-19)15-26-22(27)10-8-17(2)24-26/h7-11,19-20,28H,4-6,12-15H2,1-3H3. The maximum Gasteiger partial charge on any atom is 0.266 e. The highest BCUT2D eigenvalue weighted by Gasteiger charge is 2.46. The van der Waals surface area contributed by atoms with E-state index in [1.807, 2.05) is 13.0 Å². The van der Waals surface area contributed by atoms with Crippen LogP contribution in [0.1, 0.15) is 48.9 Å². The topological polar surface area (TPSA) is 67.6 Å². The van der Waals surface area contributed by atoms with Gasteiger partial charge in [0.2, 0.25) is 0 Å². The fourth-order valence-electron chi connectivity index (χ4n) is 5.18. The van der Waals surface area contributed by atoms with Crippen LogP contribution in [-0.4, -0.2) is 44.6 Å². The number of aromatic nitrogens is 2. The Bertz CT molecular complexity index is 925. The number of piperidine rings is 2. The van der Waals surface area contributed by atoms with Crippen LogP contribution < -0.4 is 10.3 Å². The van der Waals surface area contributed by atoms with Crippen molar-refractivity contribution < 1.29 is 9.84 Å². The highest BCUT2D eigenvalue weighted by Crippen LogP contribution is 2.41. The molecule has 2 aliphatic rings. The number of fused-ring (bicyclic) bond motifs is 2. The van der Waals surface area contributed by atoms with Crippen molar-refractivity contribution in [1.82, 2.24) is 14.7 Å². The summed E-state index contributed by atoms with van der Waals surface area (Å²) in [6.45, 7) is 5.07. The average Bonchev–Trinajstić information content (AvgIpc) is 2.66. The molecule has 156 valence electrons. The third-order valence-corrected chi connectivity index (χ3v) is 6.48. The fraction of sp³-hybridized carbons (Fsp3) is 0.565. The summed E-state index contributed by atoms with van der Waals surface area (Å²) in [5.74, 6) is 0.921. The van der Waals surface area contributed by atoms with Crippen LogP contribution in [0.15, 0.2) is 35.1 Å². The minimum absolute atomic E-state index is 0.152. The molecule has 0 radical (unpaired) electrons. The van der Waals surface area contributed by atoms with E-state index in [0.29, 0.717) is 24.9 Å². The molecule has 2 atom stereocenters. The Morgan fingerprint density at radius 2 is 1.90 bits per heavy atom. The van der Waals surface area contributed by atoms with E-state index in [-0.39, 0.29) is 12.1 Å². The zero-order chi connectivity index (χ0) is 20.6. The van der Waals surface area contributed by atoms with Crippen molar-refractivity contribution >= 4 is 0 Å². The van der Waals surface area contributed by atoms with Crippen molar-refractivity contribution in [3.05, 3.63) is 57.5 Å². The second-order valence-electron chi connectivity index (χ2n) is 8.83. The molecule has 1 aromatic carbocycles. The SMILES string of the molecule is COc1ccc(C)cc1CN1C2CCCC1CC(O)(Cn1nc(C)ccc1=O)C2. The molecule has 3 heterocycles. The third-order valence-electron chi connectivity index (χ3n) is 6.48. The molecule has 0 amide bonds. The van der Waals surface area contributed by atoms with E-state index >= 15 is 0 Å². The van der Waals surface area contributed by atoms with E-state index in [0.717, 1.165) is 30.8 Å². The Kier molecular flexibility index (Phi) is 5.49. The van der Waals surface area contributed by atoms with Gasteiger partial charge in [0.05, 0.1) is 24.9 Å². The summed E-state index contributed by atoms with van der Waals surface area (Å²) >= 11 is 0. The van der Waals surface area contributed by atoms with Gasteiger partial charge in [-0.3, -0.25) is 9.69 Å². The molecule has 29 heavy (non-hydrogen) atoms. The minimum atomic E-state index is -0.895. The number of hydrogen-bond donors (Lipinski definition) is 1. The smallest absolute Gasteiger partial charge is 0.266 e. The Labute approximate surface area is 172 Å². The van der Waals surface area contributed by atoms with Gasteiger partial charge in [-0.1, -0.05) is 24.1 Å². The molecule has 0 spiro atoms. The van der Waals surface area contributed by atoms with Gasteiger partial charge < -0.3 is 9.84 Å². The van der Waals surface area contributed by atoms with Crippen molar-refractivity contribution in [2.24, 2.45) is 0 Å². The molecule has 2 aromatic rings. The number of ether oxygens (including phenoxy) is 1. The van der Waals surface area contributed by atoms with Crippen molar-refractivity contribution in [2.45, 2.75) is 76.7 Å². The largest absolute Gasteiger partial charge is 0.496 e. The maximum absolute atomic E-state index is 12.2. The van der Waals surface area contributed by atoms with Crippen molar-refractivity contribution in [3.8, 4) is 5.75 Å². The number of nitrogens with zero attached hydrogens (tertiary/aromatic N) is 3. The van der Waals surface area contributed by atoms with Gasteiger partial charge in [0, 0.05) is 30.3 Å². The first-order chi connectivity index (χ1) is 13.9. The Balaban J connectivity index is 1.55. The van der Waals surface area contributed by atoms with E-state index < -0.39 is 5.60 Å². The highest BCUT2D eigenvalue weighted by molar-refractivity contribution is 5.37. The van der Waals surface area contributed by atoms with Crippen LogP contribution in [0.5, 0.6) is 5.75 Å². The van der Waals surface area contributed by atoms with E-state index in [2.05, 4.69) is 29.1 Å². The molecule has 0 aliphatic carbocycles. The van der Waals surface area contributed by atoms with Crippen molar-refractivity contribution in [2.75, 3.05) is 7.11 Å². The predicted molar refractivity (Wildman–Crippen MR) is 112 cm³/mol. The molecule has 6 nitrogen and oxygen atoms in total. The Morgan fingerprint density at radius 1 is 1.17 bits per heavy atom. The minimum Gasteiger partial charge on any atom is -0.496 e. The van der Waals surface area contributed by atoms with Gasteiger partial charge >= 0.3 is 0 Å². The summed E-state index contributed by atoms with van der Waals surface area (Å²) in [6.07, 6.45) is 4.67. The molecule has 4 rings (SSSR count). The van der Waals surface area contributed by atoms with Crippen LogP contribution in [0.3, 0.4) is 0 Å². The Morgan fingerprint density at radius 3 is 2.59 bits per heavy atom. The lowest BCUT2D eigenvalue weighted by atomic mass is 9.75. The van der Waals surface area contributed by atoms with Crippen LogP contribution in [-0.2, 0) is 13.1 Å². The van der Waals surface area contributed by atoms with Crippen LogP contribution in [0.2, 0.25) is 0 Å². The lowest BCUT2D eigenvalue weighted by Crippen LogP contribution is -2.59. The van der Waals surface area contributed by atoms with Crippen molar-refractivity contribution in [3.63, 3.8) is 0 Å². The summed E-state index contributed by atoms with van der Waals surface area (Å²) in [5.41, 5.74) is 2.17. The highest BCUT2D eigenvalue weighted by atomic mass is 16.5. The van der Waals surface area contributed by atoms with Gasteiger partial charge in [-0.25, -0.2) is 4.68 Å². The van der Waals surface area contributed by atoms with Gasteiger partial charge in [-0.05, 0) is 51.7 Å². The van der Waals surface area contributed by atoms with E-state index in [4.69, 9.17) is 4.74 Å². The van der Waals surface area contributed by atoms with E-state index in [1.54, 1.807) is 13.2 Å². The molecule has 0 saturated carbocycles. The van der Waals surface area contributed by atoms with Gasteiger partial charge in [0.25, 0.3) is 5.56 Å². The molecular formula is C23H31N3O3. The lowest BCUT2D eigenvalue weighted by molar-refractivity contribution is -0.105. The quantitative estimate of drug-likeness (QED) is 0.840. The van der Waals surface area contributed by atoms with Gasteiger partial charge in [-0.2, -0.15) is 5.10 Å². The molecule has 1 aromatic heterocycles. The predicted octanol–water partition coefficient (Wildman–Crippen LogP) is 2.82. The molecule has 6 heteroatoms. The number of hydrogen-bond acceptors (Lipinski definition) is 5. The Hall–Kier alpha value is -2.18. The number of aryl methyl sites for hydroxylation is 2. The molecule has 2 unspecified atom stereocenters. The lowest BCUT2D eigenvalue weighted by Gasteiger charge is -2.52. The number of aliphatic hydroxyl groups is 1. The summed E-state index contributed by atoms with van der Waals surface area (Å²) in [7, 11) is 1.72.